The van der Waals surface area contributed by atoms with Crippen LogP contribution in [0, 0.1) is 24.0 Å². The summed E-state index contributed by atoms with van der Waals surface area (Å²) in [7, 11) is 1.70. The molecular formula is C19H18N4O4. The minimum atomic E-state index is -0.698. The number of aromatic nitrogens is 2. The van der Waals surface area contributed by atoms with E-state index in [4.69, 9.17) is 0 Å². The Hall–Kier alpha value is -3.68. The molecule has 0 saturated heterocycles. The first-order chi connectivity index (χ1) is 12.8. The van der Waals surface area contributed by atoms with Gasteiger partial charge in [0.1, 0.15) is 11.3 Å². The third-order valence-corrected chi connectivity index (χ3v) is 4.46. The molecule has 0 bridgehead atoms. The van der Waals surface area contributed by atoms with Gasteiger partial charge in [0.25, 0.3) is 17.2 Å². The van der Waals surface area contributed by atoms with E-state index in [0.29, 0.717) is 16.9 Å². The van der Waals surface area contributed by atoms with Crippen molar-refractivity contribution < 1.29 is 9.72 Å². The molecule has 1 aromatic heterocycles. The zero-order valence-corrected chi connectivity index (χ0v) is 15.1. The maximum Gasteiger partial charge on any atom is 0.295 e. The van der Waals surface area contributed by atoms with Crippen molar-refractivity contribution in [1.82, 2.24) is 9.36 Å². The van der Waals surface area contributed by atoms with Crippen molar-refractivity contribution in [3.63, 3.8) is 0 Å². The molecule has 0 aliphatic heterocycles. The predicted octanol–water partition coefficient (Wildman–Crippen LogP) is 2.95. The Morgan fingerprint density at radius 1 is 1.07 bits per heavy atom. The Morgan fingerprint density at radius 3 is 2.37 bits per heavy atom. The molecule has 1 heterocycles. The number of benzene rings is 2. The Labute approximate surface area is 154 Å². The average Bonchev–Trinajstić information content (AvgIpc) is 2.85. The number of hydrogen-bond acceptors (Lipinski definition) is 4. The molecule has 3 rings (SSSR count). The predicted molar refractivity (Wildman–Crippen MR) is 102 cm³/mol. The van der Waals surface area contributed by atoms with E-state index in [1.165, 1.54) is 10.7 Å². The van der Waals surface area contributed by atoms with Gasteiger partial charge in [0.2, 0.25) is 0 Å². The minimum Gasteiger partial charge on any atom is -0.316 e. The Balaban J connectivity index is 2.06. The lowest BCUT2D eigenvalue weighted by atomic mass is 10.1. The van der Waals surface area contributed by atoms with Crippen molar-refractivity contribution in [3.05, 3.63) is 85.8 Å². The summed E-state index contributed by atoms with van der Waals surface area (Å²) in [5, 5.41) is 13.9. The first-order valence-corrected chi connectivity index (χ1v) is 8.22. The fourth-order valence-corrected chi connectivity index (χ4v) is 2.98. The summed E-state index contributed by atoms with van der Waals surface area (Å²) >= 11 is 0. The Bertz CT molecular complexity index is 1100. The molecule has 0 saturated carbocycles. The van der Waals surface area contributed by atoms with Gasteiger partial charge < -0.3 is 5.32 Å². The molecule has 1 amide bonds. The number of aryl methyl sites for hydroxylation is 1. The minimum absolute atomic E-state index is 0.0853. The fourth-order valence-electron chi connectivity index (χ4n) is 2.98. The summed E-state index contributed by atoms with van der Waals surface area (Å²) in [5.74, 6) is -0.698. The molecule has 8 heteroatoms. The second-order valence-electron chi connectivity index (χ2n) is 6.12. The van der Waals surface area contributed by atoms with Crippen LogP contribution in [0.1, 0.15) is 21.6 Å². The van der Waals surface area contributed by atoms with E-state index in [0.717, 1.165) is 0 Å². The summed E-state index contributed by atoms with van der Waals surface area (Å²) in [6, 6.07) is 13.5. The molecule has 0 atom stereocenters. The number of anilines is 1. The van der Waals surface area contributed by atoms with Crippen LogP contribution in [-0.4, -0.2) is 20.2 Å². The summed E-state index contributed by atoms with van der Waals surface area (Å²) in [5.41, 5.74) is 0.870. The van der Waals surface area contributed by atoms with Crippen LogP contribution in [0.5, 0.6) is 0 Å². The van der Waals surface area contributed by atoms with Crippen molar-refractivity contribution in [2.75, 3.05) is 5.32 Å². The van der Waals surface area contributed by atoms with Gasteiger partial charge in [0.15, 0.2) is 0 Å². The van der Waals surface area contributed by atoms with Crippen LogP contribution in [0.15, 0.2) is 53.3 Å². The lowest BCUT2D eigenvalue weighted by Crippen LogP contribution is -2.23. The van der Waals surface area contributed by atoms with Crippen LogP contribution < -0.4 is 10.9 Å². The summed E-state index contributed by atoms with van der Waals surface area (Å²) in [6.45, 7) is 3.26. The quantitative estimate of drug-likeness (QED) is 0.567. The number of nitrogens with one attached hydrogen (secondary N) is 1. The van der Waals surface area contributed by atoms with Gasteiger partial charge in [-0.3, -0.25) is 24.4 Å². The standard InChI is InChI=1S/C19H18N4O4/c1-12-8-7-11-15(17(12)23(26)27)18(24)20-16-13(2)21(3)22(19(16)25)14-9-5-4-6-10-14/h4-11H,1-3H3,(H,20,24). The van der Waals surface area contributed by atoms with E-state index >= 15 is 0 Å². The number of carbonyl (C=O) groups is 1. The molecule has 8 nitrogen and oxygen atoms in total. The van der Waals surface area contributed by atoms with Gasteiger partial charge in [-0.15, -0.1) is 0 Å². The number of amides is 1. The molecule has 0 fully saturated rings. The molecule has 0 radical (unpaired) electrons. The van der Waals surface area contributed by atoms with Gasteiger partial charge in [-0.25, -0.2) is 4.68 Å². The van der Waals surface area contributed by atoms with E-state index in [2.05, 4.69) is 5.32 Å². The number of para-hydroxylation sites is 2. The normalized spacial score (nSPS) is 10.6. The highest BCUT2D eigenvalue weighted by molar-refractivity contribution is 6.07. The number of rotatable bonds is 4. The molecule has 1 N–H and O–H groups in total. The number of carbonyl (C=O) groups excluding carboxylic acids is 1. The molecule has 138 valence electrons. The SMILES string of the molecule is Cc1cccc(C(=O)Nc2c(C)n(C)n(-c3ccccc3)c2=O)c1[N+](=O)[O-]. The first-order valence-electron chi connectivity index (χ1n) is 8.22. The van der Waals surface area contributed by atoms with Crippen molar-refractivity contribution in [2.24, 2.45) is 7.05 Å². The van der Waals surface area contributed by atoms with Crippen LogP contribution in [0.2, 0.25) is 0 Å². The zero-order chi connectivity index (χ0) is 19.7. The molecule has 2 aromatic carbocycles. The van der Waals surface area contributed by atoms with Crippen LogP contribution in [0.3, 0.4) is 0 Å². The molecule has 27 heavy (non-hydrogen) atoms. The van der Waals surface area contributed by atoms with Crippen molar-refractivity contribution >= 4 is 17.3 Å². The fraction of sp³-hybridized carbons (Fsp3) is 0.158. The van der Waals surface area contributed by atoms with E-state index in [-0.39, 0.29) is 16.9 Å². The third kappa shape index (κ3) is 3.12. The van der Waals surface area contributed by atoms with E-state index < -0.39 is 16.4 Å². The highest BCUT2D eigenvalue weighted by Gasteiger charge is 2.25. The summed E-state index contributed by atoms with van der Waals surface area (Å²) in [4.78, 5) is 36.3. The lowest BCUT2D eigenvalue weighted by Gasteiger charge is -2.07. The van der Waals surface area contributed by atoms with Crippen LogP contribution in [-0.2, 0) is 7.05 Å². The number of nitro benzene ring substituents is 1. The van der Waals surface area contributed by atoms with Gasteiger partial charge >= 0.3 is 0 Å². The zero-order valence-electron chi connectivity index (χ0n) is 15.1. The van der Waals surface area contributed by atoms with Crippen LogP contribution >= 0.6 is 0 Å². The van der Waals surface area contributed by atoms with E-state index in [9.17, 15) is 19.7 Å². The molecule has 0 aliphatic carbocycles. The maximum atomic E-state index is 12.9. The molecule has 0 spiro atoms. The van der Waals surface area contributed by atoms with Crippen molar-refractivity contribution in [3.8, 4) is 5.69 Å². The first kappa shape index (κ1) is 18.1. The molecule has 0 aliphatic rings. The number of nitrogens with zero attached hydrogens (tertiary/aromatic N) is 3. The number of hydrogen-bond donors (Lipinski definition) is 1. The van der Waals surface area contributed by atoms with Crippen LogP contribution in [0.4, 0.5) is 11.4 Å². The highest BCUT2D eigenvalue weighted by Crippen LogP contribution is 2.24. The second kappa shape index (κ2) is 6.91. The Morgan fingerprint density at radius 2 is 1.74 bits per heavy atom. The maximum absolute atomic E-state index is 12.9. The third-order valence-electron chi connectivity index (χ3n) is 4.46. The topological polar surface area (TPSA) is 99.2 Å². The summed E-state index contributed by atoms with van der Waals surface area (Å²) in [6.07, 6.45) is 0. The number of nitro groups is 1. The van der Waals surface area contributed by atoms with Gasteiger partial charge in [-0.1, -0.05) is 30.3 Å². The highest BCUT2D eigenvalue weighted by atomic mass is 16.6. The smallest absolute Gasteiger partial charge is 0.295 e. The van der Waals surface area contributed by atoms with Gasteiger partial charge in [0, 0.05) is 12.6 Å². The van der Waals surface area contributed by atoms with Gasteiger partial charge in [0.05, 0.1) is 16.3 Å². The largest absolute Gasteiger partial charge is 0.316 e. The van der Waals surface area contributed by atoms with E-state index in [1.807, 2.05) is 6.07 Å². The molecular weight excluding hydrogens is 348 g/mol. The van der Waals surface area contributed by atoms with Gasteiger partial charge in [-0.05, 0) is 32.0 Å². The monoisotopic (exact) mass is 366 g/mol. The lowest BCUT2D eigenvalue weighted by molar-refractivity contribution is -0.385. The second-order valence-corrected chi connectivity index (χ2v) is 6.12. The molecule has 3 aromatic rings. The summed E-state index contributed by atoms with van der Waals surface area (Å²) < 4.78 is 3.05. The van der Waals surface area contributed by atoms with E-state index in [1.54, 1.807) is 62.0 Å². The molecule has 0 unspecified atom stereocenters. The average molecular weight is 366 g/mol. The van der Waals surface area contributed by atoms with Crippen molar-refractivity contribution in [2.45, 2.75) is 13.8 Å². The van der Waals surface area contributed by atoms with Crippen molar-refractivity contribution in [1.29, 1.82) is 0 Å². The van der Waals surface area contributed by atoms with Crippen LogP contribution in [0.25, 0.3) is 5.69 Å². The van der Waals surface area contributed by atoms with Gasteiger partial charge in [-0.2, -0.15) is 0 Å². The Kier molecular flexibility index (Phi) is 4.64.